The Bertz CT molecular complexity index is 275. The monoisotopic (exact) mass is 264 g/mol. The molecule has 1 unspecified atom stereocenters. The van der Waals surface area contributed by atoms with Gasteiger partial charge in [-0.25, -0.2) is 0 Å². The van der Waals surface area contributed by atoms with Crippen molar-refractivity contribution in [3.8, 4) is 0 Å². The van der Waals surface area contributed by atoms with E-state index in [9.17, 15) is 0 Å². The molecular formula is C17H32N2. The largest absolute Gasteiger partial charge is 0.329 e. The van der Waals surface area contributed by atoms with Crippen LogP contribution in [0.2, 0.25) is 0 Å². The minimum Gasteiger partial charge on any atom is -0.329 e. The molecule has 0 saturated heterocycles. The summed E-state index contributed by atoms with van der Waals surface area (Å²) in [7, 11) is 0. The number of rotatable bonds is 6. The molecule has 4 fully saturated rings. The Labute approximate surface area is 118 Å². The van der Waals surface area contributed by atoms with E-state index in [1.165, 1.54) is 32.2 Å². The van der Waals surface area contributed by atoms with Gasteiger partial charge in [-0.15, -0.1) is 0 Å². The number of hydrogen-bond acceptors (Lipinski definition) is 2. The smallest absolute Gasteiger partial charge is 0.0213 e. The topological polar surface area (TPSA) is 38.0 Å². The first-order valence-corrected chi connectivity index (χ1v) is 8.54. The van der Waals surface area contributed by atoms with Crippen molar-refractivity contribution in [1.82, 2.24) is 5.32 Å². The molecule has 110 valence electrons. The van der Waals surface area contributed by atoms with Gasteiger partial charge in [0.15, 0.2) is 0 Å². The lowest BCUT2D eigenvalue weighted by Gasteiger charge is -2.57. The molecule has 2 heteroatoms. The summed E-state index contributed by atoms with van der Waals surface area (Å²) in [5.74, 6) is 3.91. The second-order valence-corrected chi connectivity index (χ2v) is 8.21. The highest BCUT2D eigenvalue weighted by atomic mass is 14.9. The van der Waals surface area contributed by atoms with Crippen LogP contribution in [0.1, 0.15) is 58.8 Å². The Hall–Kier alpha value is -0.0800. The summed E-state index contributed by atoms with van der Waals surface area (Å²) in [6.07, 6.45) is 10.7. The molecule has 0 radical (unpaired) electrons. The van der Waals surface area contributed by atoms with Crippen molar-refractivity contribution in [3.05, 3.63) is 0 Å². The Kier molecular flexibility index (Phi) is 3.92. The van der Waals surface area contributed by atoms with Crippen LogP contribution in [0, 0.1) is 29.1 Å². The normalized spacial score (nSPS) is 42.0. The first kappa shape index (κ1) is 13.9. The maximum absolute atomic E-state index is 5.86. The zero-order chi connectivity index (χ0) is 13.5. The van der Waals surface area contributed by atoms with Crippen LogP contribution in [-0.2, 0) is 0 Å². The molecule has 3 N–H and O–H groups in total. The van der Waals surface area contributed by atoms with Crippen LogP contribution in [0.25, 0.3) is 0 Å². The van der Waals surface area contributed by atoms with Gasteiger partial charge in [-0.1, -0.05) is 13.8 Å². The van der Waals surface area contributed by atoms with Gasteiger partial charge in [-0.2, -0.15) is 0 Å². The lowest BCUT2D eigenvalue weighted by molar-refractivity contribution is -0.0570. The molecule has 0 aliphatic heterocycles. The van der Waals surface area contributed by atoms with E-state index in [0.717, 1.165) is 29.7 Å². The Morgan fingerprint density at radius 3 is 2.00 bits per heavy atom. The summed E-state index contributed by atoms with van der Waals surface area (Å²) in [5, 5.41) is 3.72. The van der Waals surface area contributed by atoms with Gasteiger partial charge >= 0.3 is 0 Å². The van der Waals surface area contributed by atoms with Crippen LogP contribution in [-0.4, -0.2) is 19.1 Å². The third kappa shape index (κ3) is 2.85. The SMILES string of the molecule is CC(C)C(CN)NCCC12CC3CC(CC(C3)C1)C2. The second-order valence-electron chi connectivity index (χ2n) is 8.21. The molecule has 4 saturated carbocycles. The van der Waals surface area contributed by atoms with Crippen molar-refractivity contribution in [3.63, 3.8) is 0 Å². The lowest BCUT2D eigenvalue weighted by atomic mass is 9.49. The van der Waals surface area contributed by atoms with E-state index < -0.39 is 0 Å². The standard InChI is InChI=1S/C17H32N2/c1-12(2)16(11-18)19-4-3-17-8-13-5-14(9-17)7-15(6-13)10-17/h12-16,19H,3-11,18H2,1-2H3. The van der Waals surface area contributed by atoms with Crippen molar-refractivity contribution < 1.29 is 0 Å². The molecule has 0 aromatic heterocycles. The molecule has 0 aromatic rings. The molecule has 1 atom stereocenters. The maximum atomic E-state index is 5.86. The summed E-state index contributed by atoms with van der Waals surface area (Å²) >= 11 is 0. The van der Waals surface area contributed by atoms with Crippen LogP contribution in [0.15, 0.2) is 0 Å². The lowest BCUT2D eigenvalue weighted by Crippen LogP contribution is -2.48. The number of nitrogens with one attached hydrogen (secondary N) is 1. The van der Waals surface area contributed by atoms with Gasteiger partial charge in [0.1, 0.15) is 0 Å². The van der Waals surface area contributed by atoms with Crippen LogP contribution in [0.5, 0.6) is 0 Å². The molecule has 4 aliphatic carbocycles. The Morgan fingerprint density at radius 2 is 1.58 bits per heavy atom. The zero-order valence-electron chi connectivity index (χ0n) is 12.8. The van der Waals surface area contributed by atoms with Gasteiger partial charge < -0.3 is 11.1 Å². The quantitative estimate of drug-likeness (QED) is 0.773. The van der Waals surface area contributed by atoms with E-state index in [4.69, 9.17) is 5.73 Å². The van der Waals surface area contributed by atoms with E-state index in [1.807, 2.05) is 0 Å². The van der Waals surface area contributed by atoms with Gasteiger partial charge in [-0.05, 0) is 80.6 Å². The van der Waals surface area contributed by atoms with Gasteiger partial charge in [0.05, 0.1) is 0 Å². The number of hydrogen-bond donors (Lipinski definition) is 2. The molecule has 4 rings (SSSR count). The van der Waals surface area contributed by atoms with E-state index >= 15 is 0 Å². The third-order valence-electron chi connectivity index (χ3n) is 6.29. The molecule has 4 bridgehead atoms. The predicted octanol–water partition coefficient (Wildman–Crippen LogP) is 3.17. The summed E-state index contributed by atoms with van der Waals surface area (Å²) in [4.78, 5) is 0. The highest BCUT2D eigenvalue weighted by Crippen LogP contribution is 2.61. The summed E-state index contributed by atoms with van der Waals surface area (Å²) in [5.41, 5.74) is 6.58. The fourth-order valence-corrected chi connectivity index (χ4v) is 5.71. The van der Waals surface area contributed by atoms with Gasteiger partial charge in [-0.3, -0.25) is 0 Å². The Morgan fingerprint density at radius 1 is 1.05 bits per heavy atom. The fraction of sp³-hybridized carbons (Fsp3) is 1.00. The van der Waals surface area contributed by atoms with E-state index in [-0.39, 0.29) is 0 Å². The van der Waals surface area contributed by atoms with Crippen LogP contribution >= 0.6 is 0 Å². The van der Waals surface area contributed by atoms with E-state index in [2.05, 4.69) is 19.2 Å². The highest BCUT2D eigenvalue weighted by molar-refractivity contribution is 5.01. The van der Waals surface area contributed by atoms with Crippen molar-refractivity contribution in [1.29, 1.82) is 0 Å². The molecule has 4 aliphatic rings. The highest BCUT2D eigenvalue weighted by Gasteiger charge is 2.50. The fourth-order valence-electron chi connectivity index (χ4n) is 5.71. The van der Waals surface area contributed by atoms with Gasteiger partial charge in [0.25, 0.3) is 0 Å². The average molecular weight is 264 g/mol. The first-order valence-electron chi connectivity index (χ1n) is 8.54. The first-order chi connectivity index (χ1) is 9.10. The average Bonchev–Trinajstić information content (AvgIpc) is 2.32. The van der Waals surface area contributed by atoms with Gasteiger partial charge in [0, 0.05) is 12.6 Å². The van der Waals surface area contributed by atoms with Crippen LogP contribution in [0.3, 0.4) is 0 Å². The minimum absolute atomic E-state index is 0.508. The van der Waals surface area contributed by atoms with E-state index in [1.54, 1.807) is 19.3 Å². The van der Waals surface area contributed by atoms with Crippen molar-refractivity contribution in [2.75, 3.05) is 13.1 Å². The molecular weight excluding hydrogens is 232 g/mol. The van der Waals surface area contributed by atoms with E-state index in [0.29, 0.717) is 12.0 Å². The summed E-state index contributed by atoms with van der Waals surface area (Å²) in [6, 6.07) is 0.508. The number of nitrogens with two attached hydrogens (primary N) is 1. The molecule has 0 amide bonds. The predicted molar refractivity (Wildman–Crippen MR) is 80.9 cm³/mol. The van der Waals surface area contributed by atoms with Crippen molar-refractivity contribution >= 4 is 0 Å². The van der Waals surface area contributed by atoms with Crippen molar-refractivity contribution in [2.24, 2.45) is 34.8 Å². The van der Waals surface area contributed by atoms with Gasteiger partial charge in [0.2, 0.25) is 0 Å². The minimum atomic E-state index is 0.508. The molecule has 19 heavy (non-hydrogen) atoms. The third-order valence-corrected chi connectivity index (χ3v) is 6.29. The van der Waals surface area contributed by atoms with Crippen molar-refractivity contribution in [2.45, 2.75) is 64.8 Å². The molecule has 2 nitrogen and oxygen atoms in total. The van der Waals surface area contributed by atoms with Crippen LogP contribution in [0.4, 0.5) is 0 Å². The van der Waals surface area contributed by atoms with Crippen LogP contribution < -0.4 is 11.1 Å². The molecule has 0 spiro atoms. The Balaban J connectivity index is 1.52. The molecule has 0 aromatic carbocycles. The molecule has 0 heterocycles. The second kappa shape index (κ2) is 5.37. The summed E-state index contributed by atoms with van der Waals surface area (Å²) in [6.45, 7) is 6.51. The maximum Gasteiger partial charge on any atom is 0.0213 e. The zero-order valence-corrected chi connectivity index (χ0v) is 12.8. The summed E-state index contributed by atoms with van der Waals surface area (Å²) < 4.78 is 0.